The highest BCUT2D eigenvalue weighted by Crippen LogP contribution is 2.18. The molecule has 0 saturated carbocycles. The van der Waals surface area contributed by atoms with E-state index in [0.717, 1.165) is 6.54 Å². The molecule has 2 rings (SSSR count). The van der Waals surface area contributed by atoms with Crippen LogP contribution in [0.25, 0.3) is 0 Å². The zero-order valence-electron chi connectivity index (χ0n) is 11.0. The van der Waals surface area contributed by atoms with Crippen molar-refractivity contribution in [1.82, 2.24) is 14.9 Å². The molecule has 100 valence electrons. The fourth-order valence-electron chi connectivity index (χ4n) is 2.18. The first-order valence-corrected chi connectivity index (χ1v) is 6.34. The summed E-state index contributed by atoms with van der Waals surface area (Å²) in [6, 6.07) is 2.23. The highest BCUT2D eigenvalue weighted by Gasteiger charge is 2.19. The van der Waals surface area contributed by atoms with E-state index in [1.807, 2.05) is 0 Å². The van der Waals surface area contributed by atoms with Gasteiger partial charge in [-0.3, -0.25) is 0 Å². The number of nitrogen functional groups attached to an aromatic ring is 1. The molecule has 1 fully saturated rings. The molecule has 0 radical (unpaired) electrons. The zero-order valence-corrected chi connectivity index (χ0v) is 11.0. The molecular formula is C12H21N5O. The van der Waals surface area contributed by atoms with Crippen LogP contribution in [0.3, 0.4) is 0 Å². The summed E-state index contributed by atoms with van der Waals surface area (Å²) >= 11 is 0. The summed E-state index contributed by atoms with van der Waals surface area (Å²) in [6.45, 7) is 1.79. The van der Waals surface area contributed by atoms with Crippen molar-refractivity contribution in [2.45, 2.75) is 25.3 Å². The molecule has 0 bridgehead atoms. The average Bonchev–Trinajstić information content (AvgIpc) is 2.37. The maximum absolute atomic E-state index is 5.73. The standard InChI is InChI=1S/C12H21N5O/c1-14-10-7-11(16-12(13)15-10)18-8-9-5-3-4-6-17(9)2/h7,9H,3-6,8H2,1-2H3,(H3,13,14,15,16). The third-order valence-electron chi connectivity index (χ3n) is 3.32. The largest absolute Gasteiger partial charge is 0.476 e. The number of anilines is 2. The van der Waals surface area contributed by atoms with Crippen LogP contribution in [0.2, 0.25) is 0 Å². The quantitative estimate of drug-likeness (QED) is 0.830. The Kier molecular flexibility index (Phi) is 4.19. The lowest BCUT2D eigenvalue weighted by molar-refractivity contribution is 0.122. The van der Waals surface area contributed by atoms with Crippen molar-refractivity contribution >= 4 is 11.8 Å². The van der Waals surface area contributed by atoms with Crippen molar-refractivity contribution in [1.29, 1.82) is 0 Å². The van der Waals surface area contributed by atoms with E-state index >= 15 is 0 Å². The second kappa shape index (κ2) is 5.86. The molecule has 1 saturated heterocycles. The van der Waals surface area contributed by atoms with Gasteiger partial charge >= 0.3 is 0 Å². The van der Waals surface area contributed by atoms with Gasteiger partial charge in [0, 0.05) is 19.2 Å². The lowest BCUT2D eigenvalue weighted by Crippen LogP contribution is -2.40. The van der Waals surface area contributed by atoms with Gasteiger partial charge in [0.1, 0.15) is 12.4 Å². The van der Waals surface area contributed by atoms with E-state index < -0.39 is 0 Å². The van der Waals surface area contributed by atoms with Gasteiger partial charge in [0.05, 0.1) is 0 Å². The number of hydrogen-bond donors (Lipinski definition) is 2. The van der Waals surface area contributed by atoms with Gasteiger partial charge in [0.15, 0.2) is 0 Å². The van der Waals surface area contributed by atoms with E-state index in [0.29, 0.717) is 24.3 Å². The Morgan fingerprint density at radius 3 is 3.06 bits per heavy atom. The maximum Gasteiger partial charge on any atom is 0.225 e. The monoisotopic (exact) mass is 251 g/mol. The third-order valence-corrected chi connectivity index (χ3v) is 3.32. The van der Waals surface area contributed by atoms with E-state index in [1.54, 1.807) is 13.1 Å². The molecule has 2 heterocycles. The summed E-state index contributed by atoms with van der Waals surface area (Å²) in [7, 11) is 3.93. The average molecular weight is 251 g/mol. The molecule has 6 nitrogen and oxygen atoms in total. The number of likely N-dealkylation sites (tertiary alicyclic amines) is 1. The predicted octanol–water partition coefficient (Wildman–Crippen LogP) is 0.964. The third kappa shape index (κ3) is 3.22. The molecule has 18 heavy (non-hydrogen) atoms. The highest BCUT2D eigenvalue weighted by molar-refractivity contribution is 5.42. The Bertz CT molecular complexity index is 398. The summed E-state index contributed by atoms with van der Waals surface area (Å²) < 4.78 is 5.73. The molecule has 1 aromatic rings. The van der Waals surface area contributed by atoms with E-state index in [2.05, 4.69) is 27.2 Å². The van der Waals surface area contributed by atoms with Crippen molar-refractivity contribution in [3.05, 3.63) is 6.07 Å². The van der Waals surface area contributed by atoms with Crippen molar-refractivity contribution in [3.63, 3.8) is 0 Å². The van der Waals surface area contributed by atoms with Crippen LogP contribution in [-0.4, -0.2) is 48.2 Å². The van der Waals surface area contributed by atoms with Crippen molar-refractivity contribution in [2.24, 2.45) is 0 Å². The molecule has 0 aliphatic carbocycles. The minimum atomic E-state index is 0.230. The Balaban J connectivity index is 1.94. The molecule has 0 spiro atoms. The maximum atomic E-state index is 5.73. The van der Waals surface area contributed by atoms with E-state index in [-0.39, 0.29) is 5.95 Å². The lowest BCUT2D eigenvalue weighted by Gasteiger charge is -2.31. The number of ether oxygens (including phenoxy) is 1. The summed E-state index contributed by atoms with van der Waals surface area (Å²) in [4.78, 5) is 10.4. The minimum Gasteiger partial charge on any atom is -0.476 e. The van der Waals surface area contributed by atoms with Gasteiger partial charge in [-0.25, -0.2) is 0 Å². The van der Waals surface area contributed by atoms with Crippen LogP contribution in [0.15, 0.2) is 6.07 Å². The molecule has 3 N–H and O–H groups in total. The minimum absolute atomic E-state index is 0.230. The number of nitrogens with two attached hydrogens (primary N) is 1. The van der Waals surface area contributed by atoms with Crippen LogP contribution in [0, 0.1) is 0 Å². The molecule has 6 heteroatoms. The molecule has 0 aromatic carbocycles. The van der Waals surface area contributed by atoms with Gasteiger partial charge in [0.25, 0.3) is 0 Å². The molecule has 1 aliphatic heterocycles. The molecule has 0 amide bonds. The molecule has 1 aliphatic rings. The summed E-state index contributed by atoms with van der Waals surface area (Å²) in [6.07, 6.45) is 3.72. The smallest absolute Gasteiger partial charge is 0.225 e. The highest BCUT2D eigenvalue weighted by atomic mass is 16.5. The number of hydrogen-bond acceptors (Lipinski definition) is 6. The first kappa shape index (κ1) is 12.9. The molecule has 1 unspecified atom stereocenters. The van der Waals surface area contributed by atoms with Gasteiger partial charge < -0.3 is 20.7 Å². The second-order valence-electron chi connectivity index (χ2n) is 4.64. The fourth-order valence-corrected chi connectivity index (χ4v) is 2.18. The van der Waals surface area contributed by atoms with Crippen LogP contribution in [0.5, 0.6) is 5.88 Å². The topological polar surface area (TPSA) is 76.3 Å². The van der Waals surface area contributed by atoms with Crippen molar-refractivity contribution < 1.29 is 4.74 Å². The summed E-state index contributed by atoms with van der Waals surface area (Å²) in [5, 5.41) is 2.93. The molecule has 1 aromatic heterocycles. The predicted molar refractivity (Wildman–Crippen MR) is 71.8 cm³/mol. The summed E-state index contributed by atoms with van der Waals surface area (Å²) in [5.41, 5.74) is 5.62. The normalized spacial score (nSPS) is 20.7. The van der Waals surface area contributed by atoms with Crippen LogP contribution in [0.1, 0.15) is 19.3 Å². The number of nitrogens with one attached hydrogen (secondary N) is 1. The fraction of sp³-hybridized carbons (Fsp3) is 0.667. The van der Waals surface area contributed by atoms with Crippen LogP contribution in [0.4, 0.5) is 11.8 Å². The van der Waals surface area contributed by atoms with Crippen LogP contribution < -0.4 is 15.8 Å². The van der Waals surface area contributed by atoms with Gasteiger partial charge in [0.2, 0.25) is 11.8 Å². The van der Waals surface area contributed by atoms with E-state index in [4.69, 9.17) is 10.5 Å². The van der Waals surface area contributed by atoms with Gasteiger partial charge in [-0.15, -0.1) is 0 Å². The van der Waals surface area contributed by atoms with Gasteiger partial charge in [-0.2, -0.15) is 9.97 Å². The van der Waals surface area contributed by atoms with E-state index in [9.17, 15) is 0 Å². The zero-order chi connectivity index (χ0) is 13.0. The van der Waals surface area contributed by atoms with E-state index in [1.165, 1.54) is 19.3 Å². The van der Waals surface area contributed by atoms with Crippen LogP contribution >= 0.6 is 0 Å². The lowest BCUT2D eigenvalue weighted by atomic mass is 10.0. The van der Waals surface area contributed by atoms with Crippen molar-refractivity contribution in [3.8, 4) is 5.88 Å². The number of likely N-dealkylation sites (N-methyl/N-ethyl adjacent to an activating group) is 1. The second-order valence-corrected chi connectivity index (χ2v) is 4.64. The summed E-state index contributed by atoms with van der Waals surface area (Å²) in [5.74, 6) is 1.44. The van der Waals surface area contributed by atoms with Crippen molar-refractivity contribution in [2.75, 3.05) is 38.3 Å². The Labute approximate surface area is 108 Å². The number of aromatic nitrogens is 2. The SMILES string of the molecule is CNc1cc(OCC2CCCCN2C)nc(N)n1. The van der Waals surface area contributed by atoms with Gasteiger partial charge in [-0.1, -0.05) is 6.42 Å². The molecular weight excluding hydrogens is 230 g/mol. The Morgan fingerprint density at radius 1 is 1.50 bits per heavy atom. The van der Waals surface area contributed by atoms with Gasteiger partial charge in [-0.05, 0) is 26.4 Å². The number of rotatable bonds is 4. The first-order chi connectivity index (χ1) is 8.69. The Hall–Kier alpha value is -1.56. The first-order valence-electron chi connectivity index (χ1n) is 6.34. The Morgan fingerprint density at radius 2 is 2.33 bits per heavy atom. The number of piperidine rings is 1. The molecule has 1 atom stereocenters. The van der Waals surface area contributed by atoms with Crippen LogP contribution in [-0.2, 0) is 0 Å². The number of nitrogens with zero attached hydrogens (tertiary/aromatic N) is 3.